The number of rotatable bonds is 4. The molecule has 1 aromatic heterocycles. The monoisotopic (exact) mass is 348 g/mol. The van der Waals surface area contributed by atoms with Gasteiger partial charge < -0.3 is 14.2 Å². The molecule has 1 atom stereocenters. The van der Waals surface area contributed by atoms with E-state index in [4.69, 9.17) is 9.26 Å². The average molecular weight is 348 g/mol. The van der Waals surface area contributed by atoms with E-state index in [0.717, 1.165) is 36.3 Å². The van der Waals surface area contributed by atoms with Gasteiger partial charge in [0.1, 0.15) is 5.75 Å². The Labute approximate surface area is 152 Å². The van der Waals surface area contributed by atoms with Gasteiger partial charge in [0.2, 0.25) is 0 Å². The quantitative estimate of drug-likeness (QED) is 0.704. The van der Waals surface area contributed by atoms with Crippen molar-refractivity contribution in [1.29, 1.82) is 0 Å². The van der Waals surface area contributed by atoms with Crippen LogP contribution in [-0.4, -0.2) is 29.6 Å². The minimum Gasteiger partial charge on any atom is -0.497 e. The highest BCUT2D eigenvalue weighted by Gasteiger charge is 2.32. The first-order valence-electron chi connectivity index (χ1n) is 8.73. The van der Waals surface area contributed by atoms with Crippen LogP contribution in [0.5, 0.6) is 5.75 Å². The van der Waals surface area contributed by atoms with Gasteiger partial charge in [-0.1, -0.05) is 47.6 Å². The Bertz CT molecular complexity index is 887. The Kier molecular flexibility index (Phi) is 4.44. The summed E-state index contributed by atoms with van der Waals surface area (Å²) in [7, 11) is 1.65. The van der Waals surface area contributed by atoms with Crippen LogP contribution in [0.3, 0.4) is 0 Å². The first-order chi connectivity index (χ1) is 12.8. The van der Waals surface area contributed by atoms with Gasteiger partial charge in [0.25, 0.3) is 5.91 Å². The molecule has 3 aromatic rings. The maximum absolute atomic E-state index is 13.0. The van der Waals surface area contributed by atoms with Crippen molar-refractivity contribution in [3.05, 3.63) is 71.9 Å². The van der Waals surface area contributed by atoms with Gasteiger partial charge >= 0.3 is 0 Å². The summed E-state index contributed by atoms with van der Waals surface area (Å²) in [5.74, 6) is 1.33. The molecule has 1 amide bonds. The summed E-state index contributed by atoms with van der Waals surface area (Å²) in [6, 6.07) is 19.4. The molecule has 5 heteroatoms. The van der Waals surface area contributed by atoms with Gasteiger partial charge in [-0.2, -0.15) is 0 Å². The first kappa shape index (κ1) is 16.4. The predicted molar refractivity (Wildman–Crippen MR) is 97.9 cm³/mol. The number of nitrogens with zero attached hydrogens (tertiary/aromatic N) is 2. The Morgan fingerprint density at radius 2 is 1.92 bits per heavy atom. The summed E-state index contributed by atoms with van der Waals surface area (Å²) < 4.78 is 10.6. The van der Waals surface area contributed by atoms with Crippen LogP contribution in [0.15, 0.2) is 65.2 Å². The molecule has 4 rings (SSSR count). The standard InChI is InChI=1S/C21H20N2O3/c1-25-17-11-9-15(10-12-17)19-8-5-13-23(19)21(24)18-14-20(26-22-18)16-6-3-2-4-7-16/h2-4,6-7,9-12,14,19H,5,8,13H2,1H3. The number of ether oxygens (including phenoxy) is 1. The van der Waals surface area contributed by atoms with Crippen LogP contribution < -0.4 is 4.74 Å². The van der Waals surface area contributed by atoms with Crippen LogP contribution in [0.2, 0.25) is 0 Å². The van der Waals surface area contributed by atoms with Gasteiger partial charge in [0.05, 0.1) is 13.2 Å². The second-order valence-electron chi connectivity index (χ2n) is 6.37. The molecule has 1 unspecified atom stereocenters. The van der Waals surface area contributed by atoms with Gasteiger partial charge in [-0.25, -0.2) is 0 Å². The lowest BCUT2D eigenvalue weighted by atomic mass is 10.0. The van der Waals surface area contributed by atoms with Gasteiger partial charge in [0.15, 0.2) is 11.5 Å². The molecule has 0 N–H and O–H groups in total. The summed E-state index contributed by atoms with van der Waals surface area (Å²) in [5.41, 5.74) is 2.37. The smallest absolute Gasteiger partial charge is 0.276 e. The lowest BCUT2D eigenvalue weighted by molar-refractivity contribution is 0.0725. The van der Waals surface area contributed by atoms with Crippen molar-refractivity contribution in [2.45, 2.75) is 18.9 Å². The van der Waals surface area contributed by atoms with Crippen LogP contribution in [0, 0.1) is 0 Å². The largest absolute Gasteiger partial charge is 0.497 e. The number of hydrogen-bond acceptors (Lipinski definition) is 4. The topological polar surface area (TPSA) is 55.6 Å². The zero-order chi connectivity index (χ0) is 17.9. The zero-order valence-corrected chi connectivity index (χ0v) is 14.6. The molecule has 0 bridgehead atoms. The van der Waals surface area contributed by atoms with Gasteiger partial charge in [0, 0.05) is 18.2 Å². The molecule has 2 aromatic carbocycles. The third-order valence-electron chi connectivity index (χ3n) is 4.80. The van der Waals surface area contributed by atoms with Crippen LogP contribution in [-0.2, 0) is 0 Å². The van der Waals surface area contributed by atoms with Crippen molar-refractivity contribution in [3.8, 4) is 17.1 Å². The third-order valence-corrected chi connectivity index (χ3v) is 4.80. The van der Waals surface area contributed by atoms with Crippen molar-refractivity contribution < 1.29 is 14.1 Å². The highest BCUT2D eigenvalue weighted by molar-refractivity contribution is 5.93. The molecule has 2 heterocycles. The molecule has 1 aliphatic heterocycles. The van der Waals surface area contributed by atoms with E-state index < -0.39 is 0 Å². The van der Waals surface area contributed by atoms with E-state index >= 15 is 0 Å². The summed E-state index contributed by atoms with van der Waals surface area (Å²) in [6.45, 7) is 0.725. The molecule has 132 valence electrons. The molecule has 1 fully saturated rings. The van der Waals surface area contributed by atoms with Crippen molar-refractivity contribution in [2.75, 3.05) is 13.7 Å². The highest BCUT2D eigenvalue weighted by atomic mass is 16.5. The summed E-state index contributed by atoms with van der Waals surface area (Å²) in [6.07, 6.45) is 1.92. The SMILES string of the molecule is COc1ccc(C2CCCN2C(=O)c2cc(-c3ccccc3)on2)cc1. The fourth-order valence-corrected chi connectivity index (χ4v) is 3.44. The lowest BCUT2D eigenvalue weighted by Gasteiger charge is -2.24. The van der Waals surface area contributed by atoms with Crippen molar-refractivity contribution in [1.82, 2.24) is 10.1 Å². The first-order valence-corrected chi connectivity index (χ1v) is 8.73. The molecule has 5 nitrogen and oxygen atoms in total. The van der Waals surface area contributed by atoms with E-state index in [-0.39, 0.29) is 11.9 Å². The van der Waals surface area contributed by atoms with E-state index in [1.54, 1.807) is 13.2 Å². The Morgan fingerprint density at radius 3 is 2.65 bits per heavy atom. The van der Waals surface area contributed by atoms with E-state index in [2.05, 4.69) is 5.16 Å². The predicted octanol–water partition coefficient (Wildman–Crippen LogP) is 4.33. The maximum atomic E-state index is 13.0. The van der Waals surface area contributed by atoms with Crippen LogP contribution >= 0.6 is 0 Å². The minimum absolute atomic E-state index is 0.0604. The van der Waals surface area contributed by atoms with Crippen molar-refractivity contribution >= 4 is 5.91 Å². The second kappa shape index (κ2) is 7.04. The number of methoxy groups -OCH3 is 1. The fourth-order valence-electron chi connectivity index (χ4n) is 3.44. The van der Waals surface area contributed by atoms with E-state index in [9.17, 15) is 4.79 Å². The molecule has 0 radical (unpaired) electrons. The number of aromatic nitrogens is 1. The third kappa shape index (κ3) is 3.08. The zero-order valence-electron chi connectivity index (χ0n) is 14.6. The van der Waals surface area contributed by atoms with Gasteiger partial charge in [-0.3, -0.25) is 4.79 Å². The van der Waals surface area contributed by atoms with Crippen LogP contribution in [0.1, 0.15) is 34.9 Å². The molecular formula is C21H20N2O3. The number of carbonyl (C=O) groups excluding carboxylic acids is 1. The Morgan fingerprint density at radius 1 is 1.15 bits per heavy atom. The molecule has 1 aliphatic rings. The Hall–Kier alpha value is -3.08. The molecular weight excluding hydrogens is 328 g/mol. The summed E-state index contributed by atoms with van der Waals surface area (Å²) >= 11 is 0. The number of amides is 1. The minimum atomic E-state index is -0.0887. The molecule has 26 heavy (non-hydrogen) atoms. The number of hydrogen-bond donors (Lipinski definition) is 0. The molecule has 0 saturated carbocycles. The van der Waals surface area contributed by atoms with Crippen LogP contribution in [0.4, 0.5) is 0 Å². The number of benzene rings is 2. The second-order valence-corrected chi connectivity index (χ2v) is 6.37. The number of carbonyl (C=O) groups is 1. The fraction of sp³-hybridized carbons (Fsp3) is 0.238. The summed E-state index contributed by atoms with van der Waals surface area (Å²) in [4.78, 5) is 14.9. The average Bonchev–Trinajstić information content (AvgIpc) is 3.38. The van der Waals surface area contributed by atoms with E-state index in [1.807, 2.05) is 59.5 Å². The molecule has 0 spiro atoms. The highest BCUT2D eigenvalue weighted by Crippen LogP contribution is 2.34. The van der Waals surface area contributed by atoms with E-state index in [1.165, 1.54) is 0 Å². The van der Waals surface area contributed by atoms with Crippen LogP contribution in [0.25, 0.3) is 11.3 Å². The maximum Gasteiger partial charge on any atom is 0.276 e. The normalized spacial score (nSPS) is 16.7. The lowest BCUT2D eigenvalue weighted by Crippen LogP contribution is -2.30. The van der Waals surface area contributed by atoms with Gasteiger partial charge in [-0.15, -0.1) is 0 Å². The van der Waals surface area contributed by atoms with Crippen molar-refractivity contribution in [2.24, 2.45) is 0 Å². The Balaban J connectivity index is 1.56. The molecule has 0 aliphatic carbocycles. The van der Waals surface area contributed by atoms with E-state index in [0.29, 0.717) is 11.5 Å². The molecule has 1 saturated heterocycles. The summed E-state index contributed by atoms with van der Waals surface area (Å²) in [5, 5.41) is 4.01. The van der Waals surface area contributed by atoms with Gasteiger partial charge in [-0.05, 0) is 30.5 Å². The number of likely N-dealkylation sites (tertiary alicyclic amines) is 1. The van der Waals surface area contributed by atoms with Crippen molar-refractivity contribution in [3.63, 3.8) is 0 Å².